The molecule has 0 radical (unpaired) electrons. The Morgan fingerprint density at radius 1 is 1.06 bits per heavy atom. The van der Waals surface area contributed by atoms with Crippen LogP contribution in [0.4, 0.5) is 17.6 Å². The van der Waals surface area contributed by atoms with Gasteiger partial charge in [0.05, 0.1) is 11.3 Å². The first-order valence-corrected chi connectivity index (χ1v) is 9.93. The highest BCUT2D eigenvalue weighted by Crippen LogP contribution is 2.22. The largest absolute Gasteiger partial charge is 0.397 e. The van der Waals surface area contributed by atoms with Gasteiger partial charge in [-0.25, -0.2) is 9.49 Å². The Kier molecular flexibility index (Phi) is 6.65. The molecule has 1 aromatic carbocycles. The maximum absolute atomic E-state index is 14.4. The number of rotatable bonds is 4. The van der Waals surface area contributed by atoms with Crippen molar-refractivity contribution in [2.75, 3.05) is 26.2 Å². The molecule has 1 aliphatic heterocycles. The van der Waals surface area contributed by atoms with E-state index in [1.54, 1.807) is 13.8 Å². The van der Waals surface area contributed by atoms with Crippen molar-refractivity contribution in [2.45, 2.75) is 32.9 Å². The van der Waals surface area contributed by atoms with Gasteiger partial charge in [0.25, 0.3) is 11.5 Å². The van der Waals surface area contributed by atoms with Crippen molar-refractivity contribution in [1.29, 1.82) is 0 Å². The first-order valence-electron chi connectivity index (χ1n) is 9.93. The number of H-pyrrole nitrogens is 1. The summed E-state index contributed by atoms with van der Waals surface area (Å²) in [5.41, 5.74) is 1.95. The van der Waals surface area contributed by atoms with Crippen molar-refractivity contribution >= 4 is 11.8 Å². The topological polar surface area (TPSA) is 86.4 Å². The lowest BCUT2D eigenvalue weighted by molar-refractivity contribution is -0.162. The van der Waals surface area contributed by atoms with Gasteiger partial charge in [-0.2, -0.15) is 18.3 Å². The van der Waals surface area contributed by atoms with Gasteiger partial charge in [-0.15, -0.1) is 0 Å². The Balaban J connectivity index is 1.71. The zero-order valence-corrected chi connectivity index (χ0v) is 17.6. The molecule has 0 spiro atoms. The lowest BCUT2D eigenvalue weighted by atomic mass is 10.0. The molecule has 7 nitrogen and oxygen atoms in total. The standard InChI is InChI=1S/C21H22F4N4O3/c1-12-13(2)19(31)27-26-17(12)10-14-3-4-16(22)15(9-14)20(32)29-7-5-28(6-8-29)18(30)11-21(23,24)25/h3-4,9H,5-8,10-11H2,1-2H3,(H,27,31). The Labute approximate surface area is 181 Å². The zero-order valence-electron chi connectivity index (χ0n) is 17.6. The molecule has 0 bridgehead atoms. The van der Waals surface area contributed by atoms with E-state index in [2.05, 4.69) is 10.2 Å². The minimum Gasteiger partial charge on any atom is -0.339 e. The summed E-state index contributed by atoms with van der Waals surface area (Å²) >= 11 is 0. The van der Waals surface area contributed by atoms with Gasteiger partial charge in [0.1, 0.15) is 12.2 Å². The van der Waals surface area contributed by atoms with Gasteiger partial charge >= 0.3 is 6.18 Å². The minimum atomic E-state index is -4.59. The molecular formula is C21H22F4N4O3. The summed E-state index contributed by atoms with van der Waals surface area (Å²) < 4.78 is 51.7. The quantitative estimate of drug-likeness (QED) is 0.719. The number of nitrogens with zero attached hydrogens (tertiary/aromatic N) is 3. The molecule has 2 amide bonds. The maximum atomic E-state index is 14.4. The number of carbonyl (C=O) groups excluding carboxylic acids is 2. The van der Waals surface area contributed by atoms with Crippen LogP contribution in [0, 0.1) is 19.7 Å². The number of piperazine rings is 1. The van der Waals surface area contributed by atoms with Crippen LogP contribution in [0.3, 0.4) is 0 Å². The third-order valence-corrected chi connectivity index (χ3v) is 5.53. The van der Waals surface area contributed by atoms with Gasteiger partial charge in [0, 0.05) is 38.2 Å². The van der Waals surface area contributed by atoms with Gasteiger partial charge < -0.3 is 9.80 Å². The van der Waals surface area contributed by atoms with Crippen LogP contribution in [-0.2, 0) is 11.2 Å². The summed E-state index contributed by atoms with van der Waals surface area (Å²) in [5.74, 6) is -2.37. The highest BCUT2D eigenvalue weighted by Gasteiger charge is 2.35. The number of benzene rings is 1. The van der Waals surface area contributed by atoms with E-state index in [4.69, 9.17) is 0 Å². The highest BCUT2D eigenvalue weighted by atomic mass is 19.4. The first-order chi connectivity index (χ1) is 15.0. The van der Waals surface area contributed by atoms with E-state index >= 15 is 0 Å². The normalized spacial score (nSPS) is 14.6. The first kappa shape index (κ1) is 23.4. The lowest BCUT2D eigenvalue weighted by Crippen LogP contribution is -2.51. The van der Waals surface area contributed by atoms with Crippen molar-refractivity contribution in [1.82, 2.24) is 20.0 Å². The smallest absolute Gasteiger partial charge is 0.339 e. The summed E-state index contributed by atoms with van der Waals surface area (Å²) in [6.45, 7) is 3.32. The van der Waals surface area contributed by atoms with Crippen LogP contribution in [0.25, 0.3) is 0 Å². The van der Waals surface area contributed by atoms with Crippen molar-refractivity contribution < 1.29 is 27.2 Å². The van der Waals surface area contributed by atoms with Crippen LogP contribution in [0.1, 0.15) is 39.2 Å². The van der Waals surface area contributed by atoms with E-state index in [1.165, 1.54) is 23.1 Å². The number of halogens is 4. The van der Waals surface area contributed by atoms with Crippen molar-refractivity contribution in [3.8, 4) is 0 Å². The van der Waals surface area contributed by atoms with Gasteiger partial charge in [-0.05, 0) is 37.1 Å². The Hall–Kier alpha value is -3.24. The monoisotopic (exact) mass is 454 g/mol. The number of carbonyl (C=O) groups is 2. The van der Waals surface area contributed by atoms with Crippen molar-refractivity contribution in [2.24, 2.45) is 0 Å². The van der Waals surface area contributed by atoms with Crippen LogP contribution in [0.15, 0.2) is 23.0 Å². The Morgan fingerprint density at radius 2 is 1.69 bits per heavy atom. The molecule has 2 aromatic rings. The van der Waals surface area contributed by atoms with Gasteiger partial charge in [-0.3, -0.25) is 14.4 Å². The zero-order chi connectivity index (χ0) is 23.6. The fourth-order valence-corrected chi connectivity index (χ4v) is 3.50. The van der Waals surface area contributed by atoms with Crippen molar-refractivity contribution in [3.05, 3.63) is 62.3 Å². The predicted octanol–water partition coefficient (Wildman–Crippen LogP) is 2.35. The predicted molar refractivity (Wildman–Crippen MR) is 107 cm³/mol. The van der Waals surface area contributed by atoms with Crippen LogP contribution in [0.2, 0.25) is 0 Å². The summed E-state index contributed by atoms with van der Waals surface area (Å²) in [6.07, 6.45) is -5.87. The minimum absolute atomic E-state index is 0.00583. The number of aromatic amines is 1. The molecule has 1 N–H and O–H groups in total. The van der Waals surface area contributed by atoms with E-state index in [0.29, 0.717) is 22.4 Å². The fourth-order valence-electron chi connectivity index (χ4n) is 3.50. The average Bonchev–Trinajstić information content (AvgIpc) is 2.74. The molecular weight excluding hydrogens is 432 g/mol. The molecule has 172 valence electrons. The van der Waals surface area contributed by atoms with E-state index in [0.717, 1.165) is 4.90 Å². The SMILES string of the molecule is Cc1c(Cc2ccc(F)c(C(=O)N3CCN(C(=O)CC(F)(F)F)CC3)c2)n[nH]c(=O)c1C. The molecule has 11 heteroatoms. The molecule has 32 heavy (non-hydrogen) atoms. The Morgan fingerprint density at radius 3 is 2.31 bits per heavy atom. The molecule has 1 aromatic heterocycles. The van der Waals surface area contributed by atoms with Crippen molar-refractivity contribution in [3.63, 3.8) is 0 Å². The van der Waals surface area contributed by atoms with Crippen LogP contribution in [-0.4, -0.2) is 64.2 Å². The fraction of sp³-hybridized carbons (Fsp3) is 0.429. The van der Waals surface area contributed by atoms with Gasteiger partial charge in [0.15, 0.2) is 0 Å². The molecule has 0 atom stereocenters. The Bertz CT molecular complexity index is 1090. The average molecular weight is 454 g/mol. The molecule has 1 aliphatic rings. The molecule has 3 rings (SSSR count). The second-order valence-electron chi connectivity index (χ2n) is 7.71. The summed E-state index contributed by atoms with van der Waals surface area (Å²) in [4.78, 5) is 38.6. The number of nitrogens with one attached hydrogen (secondary N) is 1. The van der Waals surface area contributed by atoms with Crippen LogP contribution < -0.4 is 5.56 Å². The second kappa shape index (κ2) is 9.09. The lowest BCUT2D eigenvalue weighted by Gasteiger charge is -2.35. The van der Waals surface area contributed by atoms with E-state index in [9.17, 15) is 31.9 Å². The third kappa shape index (κ3) is 5.32. The molecule has 1 saturated heterocycles. The number of aromatic nitrogens is 2. The van der Waals surface area contributed by atoms with Crippen LogP contribution in [0.5, 0.6) is 0 Å². The van der Waals surface area contributed by atoms with E-state index in [1.807, 2.05) is 0 Å². The van der Waals surface area contributed by atoms with E-state index < -0.39 is 30.2 Å². The third-order valence-electron chi connectivity index (χ3n) is 5.53. The van der Waals surface area contributed by atoms with Gasteiger partial charge in [0.2, 0.25) is 5.91 Å². The highest BCUT2D eigenvalue weighted by molar-refractivity contribution is 5.95. The second-order valence-corrected chi connectivity index (χ2v) is 7.71. The number of alkyl halides is 3. The molecule has 0 saturated carbocycles. The summed E-state index contributed by atoms with van der Waals surface area (Å²) in [6, 6.07) is 4.08. The summed E-state index contributed by atoms with van der Waals surface area (Å²) in [5, 5.41) is 6.43. The number of hydrogen-bond donors (Lipinski definition) is 1. The summed E-state index contributed by atoms with van der Waals surface area (Å²) in [7, 11) is 0. The molecule has 0 aliphatic carbocycles. The van der Waals surface area contributed by atoms with Gasteiger partial charge in [-0.1, -0.05) is 6.07 Å². The number of amides is 2. The molecule has 1 fully saturated rings. The number of hydrogen-bond acceptors (Lipinski definition) is 4. The van der Waals surface area contributed by atoms with Crippen LogP contribution >= 0.6 is 0 Å². The van der Waals surface area contributed by atoms with E-state index in [-0.39, 0.29) is 43.7 Å². The molecule has 0 unspecified atom stereocenters. The maximum Gasteiger partial charge on any atom is 0.397 e. The molecule has 2 heterocycles.